The maximum atomic E-state index is 13.0. The molecule has 368 valence electrons. The summed E-state index contributed by atoms with van der Waals surface area (Å²) in [5.74, 6) is -0.936. The Bertz CT molecular complexity index is 1190. The Kier molecular flexibility index (Phi) is 32.8. The molecule has 2 heterocycles. The van der Waals surface area contributed by atoms with Gasteiger partial charge < -0.3 is 64.2 Å². The molecule has 2 saturated heterocycles. The lowest BCUT2D eigenvalue weighted by atomic mass is 9.98. The van der Waals surface area contributed by atoms with Gasteiger partial charge in [-0.25, -0.2) is 0 Å². The number of esters is 2. The minimum atomic E-state index is -1.76. The molecule has 4 unspecified atom stereocenters. The maximum absolute atomic E-state index is 13.0. The van der Waals surface area contributed by atoms with Crippen molar-refractivity contribution in [3.63, 3.8) is 0 Å². The van der Waals surface area contributed by atoms with Crippen molar-refractivity contribution in [3.05, 3.63) is 24.8 Å². The number of hydrogen-bond donors (Lipinski definition) is 7. The minimum Gasteiger partial charge on any atom is -0.462 e. The normalized spacial score (nSPS) is 26.8. The van der Waals surface area contributed by atoms with E-state index in [1.807, 2.05) is 6.08 Å². The SMILES string of the molecule is C=CCCCCCCCCCCCCCCCC(=O)O[C@H](COC(=O)CCCCCCC/C=C/CCCCC)CO[C@@H]1O[C@H](CO[C@@H]2O[C@H](CO)[C@H](O)C(O)C2O)[C@H](O)C(O)C1O. The molecule has 15 nitrogen and oxygen atoms in total. The largest absolute Gasteiger partial charge is 0.462 e. The fourth-order valence-electron chi connectivity index (χ4n) is 7.72. The lowest BCUT2D eigenvalue weighted by Gasteiger charge is -2.42. The van der Waals surface area contributed by atoms with E-state index in [9.17, 15) is 45.3 Å². The predicted molar refractivity (Wildman–Crippen MR) is 238 cm³/mol. The van der Waals surface area contributed by atoms with Gasteiger partial charge in [-0.05, 0) is 51.4 Å². The topological polar surface area (TPSA) is 231 Å². The molecule has 0 saturated carbocycles. The fourth-order valence-corrected chi connectivity index (χ4v) is 7.72. The molecule has 2 rings (SSSR count). The van der Waals surface area contributed by atoms with Gasteiger partial charge in [0.25, 0.3) is 0 Å². The first-order valence-electron chi connectivity index (χ1n) is 24.4. The number of rotatable bonds is 38. The highest BCUT2D eigenvalue weighted by atomic mass is 16.7. The monoisotopic (exact) mass is 903 g/mol. The lowest BCUT2D eigenvalue weighted by molar-refractivity contribution is -0.332. The van der Waals surface area contributed by atoms with E-state index in [0.29, 0.717) is 12.8 Å². The summed E-state index contributed by atoms with van der Waals surface area (Å²) >= 11 is 0. The van der Waals surface area contributed by atoms with Crippen LogP contribution in [0.15, 0.2) is 24.8 Å². The first-order chi connectivity index (χ1) is 30.5. The van der Waals surface area contributed by atoms with Crippen LogP contribution in [0.2, 0.25) is 0 Å². The van der Waals surface area contributed by atoms with Gasteiger partial charge in [0.2, 0.25) is 0 Å². The number of allylic oxidation sites excluding steroid dienone is 3. The molecule has 63 heavy (non-hydrogen) atoms. The quantitative estimate of drug-likeness (QED) is 0.0215. The third-order valence-corrected chi connectivity index (χ3v) is 11.8. The second kappa shape index (κ2) is 36.1. The highest BCUT2D eigenvalue weighted by molar-refractivity contribution is 5.70. The number of aliphatic hydroxyl groups is 7. The summed E-state index contributed by atoms with van der Waals surface area (Å²) in [4.78, 5) is 25.7. The van der Waals surface area contributed by atoms with E-state index in [-0.39, 0.29) is 26.1 Å². The maximum Gasteiger partial charge on any atom is 0.306 e. The molecule has 0 aromatic carbocycles. The molecule has 0 aromatic heterocycles. The first-order valence-corrected chi connectivity index (χ1v) is 24.4. The molecule has 7 N–H and O–H groups in total. The van der Waals surface area contributed by atoms with E-state index in [1.165, 1.54) is 77.0 Å². The molecular weight excluding hydrogens is 817 g/mol. The molecule has 2 aliphatic rings. The van der Waals surface area contributed by atoms with Gasteiger partial charge >= 0.3 is 11.9 Å². The smallest absolute Gasteiger partial charge is 0.306 e. The molecule has 11 atom stereocenters. The van der Waals surface area contributed by atoms with Crippen LogP contribution in [0.3, 0.4) is 0 Å². The van der Waals surface area contributed by atoms with Crippen molar-refractivity contribution in [1.29, 1.82) is 0 Å². The second-order valence-electron chi connectivity index (χ2n) is 17.4. The summed E-state index contributed by atoms with van der Waals surface area (Å²) in [7, 11) is 0. The molecule has 0 aliphatic carbocycles. The van der Waals surface area contributed by atoms with Crippen LogP contribution in [0.5, 0.6) is 0 Å². The number of aliphatic hydroxyl groups excluding tert-OH is 7. The summed E-state index contributed by atoms with van der Waals surface area (Å²) in [5.41, 5.74) is 0. The van der Waals surface area contributed by atoms with Crippen LogP contribution in [0.4, 0.5) is 0 Å². The zero-order valence-corrected chi connectivity index (χ0v) is 38.4. The average Bonchev–Trinajstić information content (AvgIpc) is 3.28. The van der Waals surface area contributed by atoms with Crippen LogP contribution in [-0.4, -0.2) is 142 Å². The van der Waals surface area contributed by atoms with E-state index in [4.69, 9.17) is 28.4 Å². The Balaban J connectivity index is 1.83. The number of carbonyl (C=O) groups excluding carboxylic acids is 2. The second-order valence-corrected chi connectivity index (χ2v) is 17.4. The van der Waals surface area contributed by atoms with Crippen molar-refractivity contribution in [3.8, 4) is 0 Å². The first kappa shape index (κ1) is 57.1. The molecule has 15 heteroatoms. The van der Waals surface area contributed by atoms with Gasteiger partial charge in [0.15, 0.2) is 18.7 Å². The van der Waals surface area contributed by atoms with Crippen LogP contribution in [0, 0.1) is 0 Å². The number of ether oxygens (including phenoxy) is 6. The van der Waals surface area contributed by atoms with Crippen molar-refractivity contribution in [2.75, 3.05) is 26.4 Å². The lowest BCUT2D eigenvalue weighted by Crippen LogP contribution is -2.61. The molecule has 0 aromatic rings. The van der Waals surface area contributed by atoms with Gasteiger partial charge in [-0.2, -0.15) is 0 Å². The molecule has 0 spiro atoms. The third-order valence-electron chi connectivity index (χ3n) is 11.8. The van der Waals surface area contributed by atoms with E-state index in [1.54, 1.807) is 0 Å². The van der Waals surface area contributed by atoms with Gasteiger partial charge in [0, 0.05) is 12.8 Å². The molecule has 2 aliphatic heterocycles. The number of hydrogen-bond acceptors (Lipinski definition) is 15. The van der Waals surface area contributed by atoms with Crippen molar-refractivity contribution in [2.45, 2.75) is 241 Å². The Labute approximate surface area is 377 Å². The molecule has 2 fully saturated rings. The zero-order chi connectivity index (χ0) is 46.1. The van der Waals surface area contributed by atoms with Crippen LogP contribution in [0.1, 0.15) is 174 Å². The summed E-state index contributed by atoms with van der Waals surface area (Å²) in [6, 6.07) is 0. The third kappa shape index (κ3) is 24.9. The Morgan fingerprint density at radius 3 is 1.51 bits per heavy atom. The zero-order valence-electron chi connectivity index (χ0n) is 38.4. The Morgan fingerprint density at radius 1 is 0.540 bits per heavy atom. The standard InChI is InChI=1S/C48H86O15/c1-3-5-7-9-11-13-15-17-18-19-21-23-25-27-29-31-40(51)61-36(33-58-39(50)30-28-26-24-22-20-16-14-12-10-8-6-4-2)34-59-47-46(57)44(55)42(53)38(63-47)35-60-48-45(56)43(54)41(52)37(32-49)62-48/h3,12,14,36-38,41-49,52-57H,1,4-11,13,15-35H2,2H3/b14-12+/t36-,37-,38-,41+,42+,43?,44?,45?,46?,47-,48-/m1/s1. The van der Waals surface area contributed by atoms with Gasteiger partial charge in [-0.3, -0.25) is 9.59 Å². The summed E-state index contributed by atoms with van der Waals surface area (Å²) in [6.45, 7) is 4.08. The van der Waals surface area contributed by atoms with E-state index in [0.717, 1.165) is 64.2 Å². The van der Waals surface area contributed by atoms with Crippen molar-refractivity contribution in [2.24, 2.45) is 0 Å². The minimum absolute atomic E-state index is 0.163. The van der Waals surface area contributed by atoms with Crippen molar-refractivity contribution >= 4 is 11.9 Å². The summed E-state index contributed by atoms with van der Waals surface area (Å²) in [6.07, 6.45) is 16.8. The molecule has 0 amide bonds. The van der Waals surface area contributed by atoms with E-state index < -0.39 is 92.7 Å². The summed E-state index contributed by atoms with van der Waals surface area (Å²) < 4.78 is 33.5. The Hall–Kier alpha value is -2.02. The fraction of sp³-hybridized carbons (Fsp3) is 0.875. The van der Waals surface area contributed by atoms with Crippen LogP contribution in [-0.2, 0) is 38.0 Å². The highest BCUT2D eigenvalue weighted by Gasteiger charge is 2.47. The average molecular weight is 903 g/mol. The number of unbranched alkanes of at least 4 members (excludes halogenated alkanes) is 21. The summed E-state index contributed by atoms with van der Waals surface area (Å²) in [5, 5.41) is 71.9. The molecule has 0 bridgehead atoms. The van der Waals surface area contributed by atoms with E-state index in [2.05, 4.69) is 25.7 Å². The van der Waals surface area contributed by atoms with Crippen molar-refractivity contribution < 1.29 is 73.8 Å². The predicted octanol–water partition coefficient (Wildman–Crippen LogP) is 5.99. The number of carbonyl (C=O) groups is 2. The Morgan fingerprint density at radius 2 is 0.984 bits per heavy atom. The van der Waals surface area contributed by atoms with Gasteiger partial charge in [0.1, 0.15) is 55.4 Å². The van der Waals surface area contributed by atoms with Crippen LogP contribution < -0.4 is 0 Å². The van der Waals surface area contributed by atoms with Gasteiger partial charge in [-0.1, -0.05) is 128 Å². The van der Waals surface area contributed by atoms with Crippen molar-refractivity contribution in [1.82, 2.24) is 0 Å². The van der Waals surface area contributed by atoms with Gasteiger partial charge in [-0.15, -0.1) is 6.58 Å². The highest BCUT2D eigenvalue weighted by Crippen LogP contribution is 2.26. The van der Waals surface area contributed by atoms with E-state index >= 15 is 0 Å². The molecular formula is C48H86O15. The van der Waals surface area contributed by atoms with Crippen LogP contribution >= 0.6 is 0 Å². The van der Waals surface area contributed by atoms with Gasteiger partial charge in [0.05, 0.1) is 19.8 Å². The van der Waals surface area contributed by atoms with Crippen LogP contribution in [0.25, 0.3) is 0 Å². The molecule has 0 radical (unpaired) electrons.